The molecule has 1 heterocycles. The van der Waals surface area contributed by atoms with Gasteiger partial charge in [0.05, 0.1) is 6.61 Å². The first-order valence-corrected chi connectivity index (χ1v) is 5.89. The lowest BCUT2D eigenvalue weighted by molar-refractivity contribution is 0.0702. The fourth-order valence-corrected chi connectivity index (χ4v) is 2.42. The van der Waals surface area contributed by atoms with Crippen LogP contribution in [-0.4, -0.2) is 22.8 Å². The molecule has 2 aromatic rings. The van der Waals surface area contributed by atoms with Gasteiger partial charge in [-0.1, -0.05) is 17.9 Å². The second-order valence-electron chi connectivity index (χ2n) is 3.41. The van der Waals surface area contributed by atoms with Crippen molar-refractivity contribution < 1.29 is 15.0 Å². The molecule has 0 amide bonds. The summed E-state index contributed by atoms with van der Waals surface area (Å²) >= 11 is 1.24. The van der Waals surface area contributed by atoms with E-state index >= 15 is 0 Å². The molecule has 2 rings (SSSR count). The van der Waals surface area contributed by atoms with Crippen molar-refractivity contribution in [2.24, 2.45) is 0 Å². The van der Waals surface area contributed by atoms with Crippen LogP contribution in [0.3, 0.4) is 0 Å². The molecule has 17 heavy (non-hydrogen) atoms. The molecule has 0 radical (unpaired) electrons. The van der Waals surface area contributed by atoms with E-state index in [2.05, 4.69) is 11.8 Å². The van der Waals surface area contributed by atoms with Crippen LogP contribution < -0.4 is 0 Å². The molecule has 0 unspecified atom stereocenters. The van der Waals surface area contributed by atoms with Gasteiger partial charge >= 0.3 is 5.97 Å². The van der Waals surface area contributed by atoms with Crippen LogP contribution in [0.25, 0.3) is 10.1 Å². The molecular formula is C13H10O3S. The lowest BCUT2D eigenvalue weighted by atomic mass is 10.1. The summed E-state index contributed by atoms with van der Waals surface area (Å²) < 4.78 is 0.915. The monoisotopic (exact) mass is 246 g/mol. The van der Waals surface area contributed by atoms with Crippen molar-refractivity contribution in [3.8, 4) is 11.8 Å². The average Bonchev–Trinajstić information content (AvgIpc) is 2.74. The highest BCUT2D eigenvalue weighted by molar-refractivity contribution is 7.20. The topological polar surface area (TPSA) is 57.5 Å². The van der Waals surface area contributed by atoms with Crippen LogP contribution in [0, 0.1) is 11.8 Å². The predicted molar refractivity (Wildman–Crippen MR) is 67.4 cm³/mol. The van der Waals surface area contributed by atoms with E-state index in [-0.39, 0.29) is 6.61 Å². The summed E-state index contributed by atoms with van der Waals surface area (Å²) in [6.45, 7) is 0.0347. The molecule has 0 spiro atoms. The summed E-state index contributed by atoms with van der Waals surface area (Å²) in [6.07, 6.45) is 0.423. The van der Waals surface area contributed by atoms with Crippen LogP contribution in [0.4, 0.5) is 0 Å². The second-order valence-corrected chi connectivity index (χ2v) is 4.49. The van der Waals surface area contributed by atoms with Crippen LogP contribution in [0.2, 0.25) is 0 Å². The zero-order valence-corrected chi connectivity index (χ0v) is 9.75. The molecule has 0 aliphatic heterocycles. The van der Waals surface area contributed by atoms with E-state index in [0.29, 0.717) is 11.3 Å². The minimum absolute atomic E-state index is 0.0347. The third kappa shape index (κ3) is 2.47. The molecule has 1 aromatic heterocycles. The van der Waals surface area contributed by atoms with Gasteiger partial charge in [0, 0.05) is 22.1 Å². The average molecular weight is 246 g/mol. The van der Waals surface area contributed by atoms with Gasteiger partial charge in [0.2, 0.25) is 0 Å². The van der Waals surface area contributed by atoms with Crippen LogP contribution >= 0.6 is 11.3 Å². The summed E-state index contributed by atoms with van der Waals surface area (Å²) in [5, 5.41) is 18.4. The van der Waals surface area contributed by atoms with Crippen LogP contribution in [-0.2, 0) is 0 Å². The van der Waals surface area contributed by atoms with Crippen molar-refractivity contribution in [1.82, 2.24) is 0 Å². The van der Waals surface area contributed by atoms with Gasteiger partial charge < -0.3 is 10.2 Å². The third-order valence-electron chi connectivity index (χ3n) is 2.23. The number of carbonyl (C=O) groups is 1. The van der Waals surface area contributed by atoms with Crippen LogP contribution in [0.15, 0.2) is 24.3 Å². The Hall–Kier alpha value is -1.83. The number of benzene rings is 1. The first-order chi connectivity index (χ1) is 8.22. The Morgan fingerprint density at radius 1 is 1.41 bits per heavy atom. The largest absolute Gasteiger partial charge is 0.477 e. The number of aliphatic hydroxyl groups is 1. The van der Waals surface area contributed by atoms with Crippen molar-refractivity contribution in [3.05, 3.63) is 34.7 Å². The normalized spacial score (nSPS) is 9.94. The zero-order chi connectivity index (χ0) is 12.3. The van der Waals surface area contributed by atoms with Crippen LogP contribution in [0.1, 0.15) is 21.7 Å². The minimum atomic E-state index is -0.916. The predicted octanol–water partition coefficient (Wildman–Crippen LogP) is 2.33. The van der Waals surface area contributed by atoms with Gasteiger partial charge in [-0.3, -0.25) is 0 Å². The quantitative estimate of drug-likeness (QED) is 0.800. The molecule has 0 aliphatic rings. The molecule has 1 aromatic carbocycles. The Labute approximate surface area is 102 Å². The SMILES string of the molecule is O=C(O)c1cc2c(C#CCCO)cccc2s1. The summed E-state index contributed by atoms with van der Waals surface area (Å²) in [7, 11) is 0. The molecular weight excluding hydrogens is 236 g/mol. The summed E-state index contributed by atoms with van der Waals surface area (Å²) in [5.41, 5.74) is 0.805. The maximum absolute atomic E-state index is 10.9. The van der Waals surface area contributed by atoms with E-state index < -0.39 is 5.97 Å². The van der Waals surface area contributed by atoms with Crippen molar-refractivity contribution >= 4 is 27.4 Å². The smallest absolute Gasteiger partial charge is 0.345 e. The van der Waals surface area contributed by atoms with Crippen molar-refractivity contribution in [1.29, 1.82) is 0 Å². The summed E-state index contributed by atoms with van der Waals surface area (Å²) in [4.78, 5) is 11.2. The Bertz CT molecular complexity index is 616. The molecule has 2 N–H and O–H groups in total. The Morgan fingerprint density at radius 2 is 2.24 bits per heavy atom. The molecule has 0 saturated carbocycles. The van der Waals surface area contributed by atoms with Gasteiger partial charge in [-0.15, -0.1) is 11.3 Å². The molecule has 3 nitrogen and oxygen atoms in total. The number of rotatable bonds is 2. The maximum atomic E-state index is 10.9. The molecule has 0 fully saturated rings. The molecule has 0 atom stereocenters. The van der Waals surface area contributed by atoms with Gasteiger partial charge in [0.15, 0.2) is 0 Å². The van der Waals surface area contributed by atoms with Crippen LogP contribution in [0.5, 0.6) is 0 Å². The number of aliphatic hydroxyl groups excluding tert-OH is 1. The number of aromatic carboxylic acids is 1. The molecule has 0 aliphatic carbocycles. The molecule has 4 heteroatoms. The fraction of sp³-hybridized carbons (Fsp3) is 0.154. The number of hydrogen-bond acceptors (Lipinski definition) is 3. The molecule has 0 saturated heterocycles. The van der Waals surface area contributed by atoms with Gasteiger partial charge in [-0.2, -0.15) is 0 Å². The second kappa shape index (κ2) is 5.00. The molecule has 0 bridgehead atoms. The first kappa shape index (κ1) is 11.6. The number of carboxylic acid groups (broad SMARTS) is 1. The van der Waals surface area contributed by atoms with E-state index in [4.69, 9.17) is 10.2 Å². The maximum Gasteiger partial charge on any atom is 0.345 e. The van der Waals surface area contributed by atoms with Crippen molar-refractivity contribution in [3.63, 3.8) is 0 Å². The van der Waals surface area contributed by atoms with Crippen molar-refractivity contribution in [2.75, 3.05) is 6.61 Å². The van der Waals surface area contributed by atoms with Gasteiger partial charge in [-0.05, 0) is 18.2 Å². The standard InChI is InChI=1S/C13H10O3S/c14-7-2-1-4-9-5-3-6-11-10(9)8-12(17-11)13(15)16/h3,5-6,8,14H,2,7H2,(H,15,16). The van der Waals surface area contributed by atoms with E-state index in [1.54, 1.807) is 6.07 Å². The van der Waals surface area contributed by atoms with Gasteiger partial charge in [0.1, 0.15) is 4.88 Å². The van der Waals surface area contributed by atoms with E-state index in [1.807, 2.05) is 18.2 Å². The number of fused-ring (bicyclic) bond motifs is 1. The summed E-state index contributed by atoms with van der Waals surface area (Å²) in [5.74, 6) is 4.87. The lowest BCUT2D eigenvalue weighted by Gasteiger charge is -1.92. The van der Waals surface area contributed by atoms with E-state index in [9.17, 15) is 4.79 Å². The van der Waals surface area contributed by atoms with E-state index in [1.165, 1.54) is 11.3 Å². The number of thiophene rings is 1. The van der Waals surface area contributed by atoms with Gasteiger partial charge in [0.25, 0.3) is 0 Å². The van der Waals surface area contributed by atoms with E-state index in [0.717, 1.165) is 15.6 Å². The third-order valence-corrected chi connectivity index (χ3v) is 3.32. The summed E-state index contributed by atoms with van der Waals surface area (Å²) in [6, 6.07) is 7.23. The zero-order valence-electron chi connectivity index (χ0n) is 8.93. The number of carboxylic acids is 1. The highest BCUT2D eigenvalue weighted by Gasteiger charge is 2.09. The Morgan fingerprint density at radius 3 is 2.94 bits per heavy atom. The number of hydrogen-bond donors (Lipinski definition) is 2. The highest BCUT2D eigenvalue weighted by Crippen LogP contribution is 2.27. The lowest BCUT2D eigenvalue weighted by Crippen LogP contribution is -1.89. The Kier molecular flexibility index (Phi) is 3.43. The molecule has 86 valence electrons. The fourth-order valence-electron chi connectivity index (χ4n) is 1.49. The minimum Gasteiger partial charge on any atom is -0.477 e. The highest BCUT2D eigenvalue weighted by atomic mass is 32.1. The van der Waals surface area contributed by atoms with Gasteiger partial charge in [-0.25, -0.2) is 4.79 Å². The van der Waals surface area contributed by atoms with Crippen molar-refractivity contribution in [2.45, 2.75) is 6.42 Å². The first-order valence-electron chi connectivity index (χ1n) is 5.08. The Balaban J connectivity index is 2.50.